The van der Waals surface area contributed by atoms with Crippen molar-refractivity contribution in [2.45, 2.75) is 11.8 Å². The first-order valence-corrected chi connectivity index (χ1v) is 11.4. The molecule has 1 atom stereocenters. The van der Waals surface area contributed by atoms with Crippen molar-refractivity contribution in [1.29, 1.82) is 0 Å². The van der Waals surface area contributed by atoms with E-state index in [1.807, 2.05) is 43.1 Å². The molecule has 155 valence electrons. The molecule has 0 saturated carbocycles. The van der Waals surface area contributed by atoms with E-state index in [-0.39, 0.29) is 64.2 Å². The molecule has 4 rings (SSSR count). The minimum atomic E-state index is -5.12. The minimum Gasteiger partial charge on any atom is -0.746 e. The van der Waals surface area contributed by atoms with Crippen molar-refractivity contribution in [2.75, 3.05) is 11.9 Å². The summed E-state index contributed by atoms with van der Waals surface area (Å²) in [7, 11) is -3.27. The summed E-state index contributed by atoms with van der Waals surface area (Å²) in [5.74, 6) is -0.464. The number of nitrogens with zero attached hydrogens (tertiary/aromatic N) is 1. The second-order valence-corrected chi connectivity index (χ2v) is 9.04. The number of anilines is 2. The van der Waals surface area contributed by atoms with E-state index in [0.29, 0.717) is 27.3 Å². The average Bonchev–Trinajstić information content (AvgIpc) is 2.67. The molecule has 0 aliphatic carbocycles. The van der Waals surface area contributed by atoms with Crippen LogP contribution in [0.25, 0.3) is 5.57 Å². The number of hydrogen-bond donors (Lipinski definition) is 1. The molecule has 0 bridgehead atoms. The number of aryl methyl sites for hydroxylation is 1. The summed E-state index contributed by atoms with van der Waals surface area (Å²) in [5, 5.41) is -0.0474. The second-order valence-electron chi connectivity index (χ2n) is 6.88. The van der Waals surface area contributed by atoms with E-state index in [4.69, 9.17) is 4.52 Å². The fraction of sp³-hybridized carbons (Fsp3) is 0.0909. The fourth-order valence-electron chi connectivity index (χ4n) is 3.45. The van der Waals surface area contributed by atoms with Gasteiger partial charge in [-0.2, -0.15) is 0 Å². The summed E-state index contributed by atoms with van der Waals surface area (Å²) in [6.07, 6.45) is 0. The Morgan fingerprint density at radius 3 is 2.28 bits per heavy atom. The Labute approximate surface area is 234 Å². The minimum absolute atomic E-state index is 0. The Bertz CT molecular complexity index is 1150. The van der Waals surface area contributed by atoms with Gasteiger partial charge >= 0.3 is 37.4 Å². The number of thioether (sulfide) groups is 1. The third-order valence-electron chi connectivity index (χ3n) is 4.73. The van der Waals surface area contributed by atoms with Gasteiger partial charge in [0.2, 0.25) is 0 Å². The van der Waals surface area contributed by atoms with Gasteiger partial charge in [-0.3, -0.25) is 4.57 Å². The summed E-state index contributed by atoms with van der Waals surface area (Å²) in [4.78, 5) is 23.8. The SMILES string of the molecule is Cc1ccc2c(c1)/C(=C(/OP(=O)([O-])O)Sc1ccccc1)c1cc(F)ccc1N2C.[Na+].[Na]. The number of benzene rings is 3. The van der Waals surface area contributed by atoms with Gasteiger partial charge in [-0.25, -0.2) is 4.39 Å². The molecule has 1 radical (unpaired) electrons. The molecule has 0 fully saturated rings. The van der Waals surface area contributed by atoms with Crippen LogP contribution < -0.4 is 39.4 Å². The standard InChI is InChI=1S/C22H19FNO4PS.2Na/c1-14-8-10-19-17(12-14)21(18-13-15(23)9-11-20(18)24(19)2)22(28-29(25,26)27)30-16-6-4-3-5-7-16;;/h3-13H,1-2H3,(H2,25,26,27);;/q;;+1/p-1/b22-21+;;. The molecule has 5 nitrogen and oxygen atoms in total. The van der Waals surface area contributed by atoms with Crippen molar-refractivity contribution in [3.8, 4) is 0 Å². The maximum Gasteiger partial charge on any atom is 1.00 e. The zero-order chi connectivity index (χ0) is 21.5. The third-order valence-corrected chi connectivity index (χ3v) is 6.25. The van der Waals surface area contributed by atoms with Crippen LogP contribution in [0.1, 0.15) is 16.7 Å². The van der Waals surface area contributed by atoms with E-state index < -0.39 is 13.6 Å². The predicted octanol–water partition coefficient (Wildman–Crippen LogP) is 1.83. The Kier molecular flexibility index (Phi) is 9.72. The summed E-state index contributed by atoms with van der Waals surface area (Å²) < 4.78 is 31.0. The van der Waals surface area contributed by atoms with Gasteiger partial charge in [-0.15, -0.1) is 0 Å². The van der Waals surface area contributed by atoms with Crippen molar-refractivity contribution in [3.05, 3.63) is 94.3 Å². The van der Waals surface area contributed by atoms with Gasteiger partial charge in [0.05, 0.1) is 0 Å². The van der Waals surface area contributed by atoms with Crippen LogP contribution in [0.2, 0.25) is 0 Å². The van der Waals surface area contributed by atoms with E-state index in [9.17, 15) is 18.7 Å². The molecule has 1 unspecified atom stereocenters. The molecule has 1 aliphatic heterocycles. The molecule has 32 heavy (non-hydrogen) atoms. The quantitative estimate of drug-likeness (QED) is 0.262. The Hall–Kier alpha value is -0.570. The van der Waals surface area contributed by atoms with Gasteiger partial charge in [0, 0.05) is 69.6 Å². The summed E-state index contributed by atoms with van der Waals surface area (Å²) in [5.41, 5.74) is 4.00. The van der Waals surface area contributed by atoms with Crippen LogP contribution in [0, 0.1) is 12.7 Å². The summed E-state index contributed by atoms with van der Waals surface area (Å²) >= 11 is 1.05. The number of hydrogen-bond acceptors (Lipinski definition) is 5. The van der Waals surface area contributed by atoms with Crippen molar-refractivity contribution < 1.29 is 52.8 Å². The zero-order valence-electron chi connectivity index (χ0n) is 18.2. The smallest absolute Gasteiger partial charge is 0.746 e. The number of rotatable bonds is 4. The molecule has 3 aromatic carbocycles. The van der Waals surface area contributed by atoms with Gasteiger partial charge in [-0.05, 0) is 49.4 Å². The molecule has 0 amide bonds. The van der Waals surface area contributed by atoms with E-state index >= 15 is 0 Å². The summed E-state index contributed by atoms with van der Waals surface area (Å²) in [6, 6.07) is 19.1. The van der Waals surface area contributed by atoms with E-state index in [1.165, 1.54) is 12.1 Å². The maximum absolute atomic E-state index is 14.2. The van der Waals surface area contributed by atoms with Crippen molar-refractivity contribution >= 4 is 66.1 Å². The maximum atomic E-state index is 14.2. The first-order valence-electron chi connectivity index (χ1n) is 9.08. The van der Waals surface area contributed by atoms with Crippen molar-refractivity contribution in [2.24, 2.45) is 0 Å². The molecular weight excluding hydrogens is 470 g/mol. The Morgan fingerprint density at radius 1 is 1.06 bits per heavy atom. The van der Waals surface area contributed by atoms with Crippen LogP contribution in [0.3, 0.4) is 0 Å². The molecular formula is C22H18FNNa2O4PS. The van der Waals surface area contributed by atoms with E-state index in [1.54, 1.807) is 30.3 Å². The number of halogens is 1. The van der Waals surface area contributed by atoms with Crippen LogP contribution >= 0.6 is 19.6 Å². The van der Waals surface area contributed by atoms with E-state index in [2.05, 4.69) is 0 Å². The van der Waals surface area contributed by atoms with Crippen molar-refractivity contribution in [3.63, 3.8) is 0 Å². The van der Waals surface area contributed by atoms with E-state index in [0.717, 1.165) is 23.0 Å². The normalized spacial score (nSPS) is 15.3. The predicted molar refractivity (Wildman–Crippen MR) is 121 cm³/mol. The van der Waals surface area contributed by atoms with Crippen LogP contribution in [0.4, 0.5) is 15.8 Å². The molecule has 0 aromatic heterocycles. The molecule has 0 saturated heterocycles. The molecule has 1 heterocycles. The largest absolute Gasteiger partial charge is 1.00 e. The van der Waals surface area contributed by atoms with Gasteiger partial charge < -0.3 is 19.2 Å². The van der Waals surface area contributed by atoms with Crippen molar-refractivity contribution in [1.82, 2.24) is 0 Å². The van der Waals surface area contributed by atoms with Crippen LogP contribution in [0.5, 0.6) is 0 Å². The van der Waals surface area contributed by atoms with Crippen LogP contribution in [-0.2, 0) is 9.09 Å². The second kappa shape index (κ2) is 11.2. The monoisotopic (exact) mass is 488 g/mol. The summed E-state index contributed by atoms with van der Waals surface area (Å²) in [6.45, 7) is 1.91. The third kappa shape index (κ3) is 6.10. The number of fused-ring (bicyclic) bond motifs is 2. The average molecular weight is 488 g/mol. The first kappa shape index (κ1) is 27.7. The van der Waals surface area contributed by atoms with Gasteiger partial charge in [0.25, 0.3) is 0 Å². The topological polar surface area (TPSA) is 72.8 Å². The zero-order valence-corrected chi connectivity index (χ0v) is 23.9. The van der Waals surface area contributed by atoms with Crippen LogP contribution in [-0.4, -0.2) is 41.5 Å². The van der Waals surface area contributed by atoms with Crippen LogP contribution in [0.15, 0.2) is 76.7 Å². The van der Waals surface area contributed by atoms with Gasteiger partial charge in [0.1, 0.15) is 5.82 Å². The first-order chi connectivity index (χ1) is 14.2. The molecule has 1 aliphatic rings. The van der Waals surface area contributed by atoms with Gasteiger partial charge in [0.15, 0.2) is 5.09 Å². The molecule has 10 heteroatoms. The van der Waals surface area contributed by atoms with Gasteiger partial charge in [-0.1, -0.05) is 41.6 Å². The number of phosphoric ester groups is 1. The molecule has 1 N–H and O–H groups in total. The molecule has 0 spiro atoms. The Morgan fingerprint density at radius 2 is 1.66 bits per heavy atom. The number of phosphoric acid groups is 1. The fourth-order valence-corrected chi connectivity index (χ4v) is 5.02. The molecule has 3 aromatic rings. The Balaban J connectivity index is 0.00000181.